The first kappa shape index (κ1) is 19.0. The second-order valence-electron chi connectivity index (χ2n) is 8.32. The van der Waals surface area contributed by atoms with Crippen LogP contribution in [0.2, 0.25) is 0 Å². The molecule has 0 saturated carbocycles. The van der Waals surface area contributed by atoms with Crippen molar-refractivity contribution in [3.05, 3.63) is 60.2 Å². The molecule has 0 heterocycles. The molecule has 0 radical (unpaired) electrons. The van der Waals surface area contributed by atoms with Crippen molar-refractivity contribution < 1.29 is 19.4 Å². The summed E-state index contributed by atoms with van der Waals surface area (Å²) in [5.41, 5.74) is 0.180. The van der Waals surface area contributed by atoms with Gasteiger partial charge in [0.25, 0.3) is 0 Å². The number of rotatable bonds is 4. The molecule has 0 aliphatic rings. The van der Waals surface area contributed by atoms with Gasteiger partial charge in [-0.2, -0.15) is 0 Å². The third-order valence-electron chi connectivity index (χ3n) is 5.03. The average Bonchev–Trinajstić information content (AvgIpc) is 2.65. The van der Waals surface area contributed by atoms with Crippen LogP contribution in [-0.4, -0.2) is 28.8 Å². The maximum Gasteiger partial charge on any atom is 0.408 e. The highest BCUT2D eigenvalue weighted by Crippen LogP contribution is 2.36. The van der Waals surface area contributed by atoms with Gasteiger partial charge in [0.15, 0.2) is 0 Å². The van der Waals surface area contributed by atoms with Crippen molar-refractivity contribution in [3.8, 4) is 0 Å². The van der Waals surface area contributed by atoms with Crippen molar-refractivity contribution in [2.75, 3.05) is 0 Å². The summed E-state index contributed by atoms with van der Waals surface area (Å²) in [7, 11) is 0. The summed E-state index contributed by atoms with van der Waals surface area (Å²) >= 11 is 0. The topological polar surface area (TPSA) is 75.6 Å². The highest BCUT2D eigenvalue weighted by atomic mass is 16.6. The number of aliphatic carboxylic acids is 1. The molecule has 0 fully saturated rings. The van der Waals surface area contributed by atoms with Gasteiger partial charge in [0.1, 0.15) is 11.6 Å². The molecule has 4 aromatic rings. The Bertz CT molecular complexity index is 1210. The van der Waals surface area contributed by atoms with Crippen molar-refractivity contribution in [1.82, 2.24) is 5.32 Å². The van der Waals surface area contributed by atoms with Crippen LogP contribution in [0.4, 0.5) is 4.79 Å². The molecule has 4 aromatic carbocycles. The van der Waals surface area contributed by atoms with Crippen LogP contribution in [0, 0.1) is 0 Å². The Morgan fingerprint density at radius 1 is 0.931 bits per heavy atom. The van der Waals surface area contributed by atoms with Gasteiger partial charge in [-0.1, -0.05) is 54.6 Å². The first-order chi connectivity index (χ1) is 13.7. The molecular weight excluding hydrogens is 366 g/mol. The van der Waals surface area contributed by atoms with Gasteiger partial charge in [-0.3, -0.25) is 0 Å². The first-order valence-corrected chi connectivity index (χ1v) is 9.61. The normalized spacial score (nSPS) is 13.1. The van der Waals surface area contributed by atoms with E-state index >= 15 is 0 Å². The van der Waals surface area contributed by atoms with E-state index in [-0.39, 0.29) is 6.42 Å². The van der Waals surface area contributed by atoms with Crippen molar-refractivity contribution in [2.45, 2.75) is 38.8 Å². The molecule has 0 spiro atoms. The molecule has 0 aliphatic heterocycles. The predicted molar refractivity (Wildman–Crippen MR) is 115 cm³/mol. The summed E-state index contributed by atoms with van der Waals surface area (Å²) in [6.45, 7) is 5.22. The number of amides is 1. The summed E-state index contributed by atoms with van der Waals surface area (Å²) in [5, 5.41) is 18.9. The fraction of sp³-hybridized carbons (Fsp3) is 0.250. The molecule has 148 valence electrons. The second-order valence-corrected chi connectivity index (χ2v) is 8.32. The summed E-state index contributed by atoms with van der Waals surface area (Å²) in [5.74, 6) is -1.10. The molecule has 0 saturated heterocycles. The van der Waals surface area contributed by atoms with Crippen molar-refractivity contribution >= 4 is 44.4 Å². The Balaban J connectivity index is 1.74. The van der Waals surface area contributed by atoms with E-state index in [0.29, 0.717) is 0 Å². The number of carbonyl (C=O) groups excluding carboxylic acids is 1. The minimum Gasteiger partial charge on any atom is -0.480 e. The van der Waals surface area contributed by atoms with Crippen molar-refractivity contribution in [3.63, 3.8) is 0 Å². The van der Waals surface area contributed by atoms with Crippen LogP contribution in [0.3, 0.4) is 0 Å². The van der Waals surface area contributed by atoms with E-state index in [1.165, 1.54) is 5.39 Å². The minimum absolute atomic E-state index is 0.169. The number of hydrogen-bond acceptors (Lipinski definition) is 3. The molecule has 1 amide bonds. The number of ether oxygens (including phenoxy) is 1. The van der Waals surface area contributed by atoms with Gasteiger partial charge in [0.2, 0.25) is 0 Å². The first-order valence-electron chi connectivity index (χ1n) is 9.61. The van der Waals surface area contributed by atoms with Crippen LogP contribution >= 0.6 is 0 Å². The van der Waals surface area contributed by atoms with Gasteiger partial charge in [-0.15, -0.1) is 0 Å². The van der Waals surface area contributed by atoms with Crippen LogP contribution in [0.15, 0.2) is 54.6 Å². The zero-order chi connectivity index (χ0) is 20.8. The molecule has 5 heteroatoms. The third kappa shape index (κ3) is 3.68. The van der Waals surface area contributed by atoms with Crippen LogP contribution < -0.4 is 5.32 Å². The zero-order valence-corrected chi connectivity index (χ0v) is 16.7. The van der Waals surface area contributed by atoms with E-state index in [2.05, 4.69) is 35.6 Å². The highest BCUT2D eigenvalue weighted by Gasteiger charge is 2.25. The second kappa shape index (κ2) is 6.92. The Labute approximate surface area is 168 Å². The fourth-order valence-corrected chi connectivity index (χ4v) is 3.84. The van der Waals surface area contributed by atoms with Crippen LogP contribution in [0.1, 0.15) is 26.3 Å². The van der Waals surface area contributed by atoms with Crippen LogP contribution in [0.5, 0.6) is 0 Å². The lowest BCUT2D eigenvalue weighted by Crippen LogP contribution is -2.44. The summed E-state index contributed by atoms with van der Waals surface area (Å²) in [4.78, 5) is 23.9. The smallest absolute Gasteiger partial charge is 0.408 e. The summed E-state index contributed by atoms with van der Waals surface area (Å²) < 4.78 is 5.22. The average molecular weight is 389 g/mol. The van der Waals surface area contributed by atoms with Gasteiger partial charge in [0, 0.05) is 6.42 Å². The molecule has 0 aliphatic carbocycles. The van der Waals surface area contributed by atoms with Gasteiger partial charge in [-0.25, -0.2) is 9.59 Å². The van der Waals surface area contributed by atoms with E-state index in [0.717, 1.165) is 32.5 Å². The molecule has 29 heavy (non-hydrogen) atoms. The highest BCUT2D eigenvalue weighted by molar-refractivity contribution is 6.23. The number of nitrogens with one attached hydrogen (secondary N) is 1. The monoisotopic (exact) mass is 389 g/mol. The van der Waals surface area contributed by atoms with Gasteiger partial charge < -0.3 is 15.2 Å². The number of hydrogen-bond donors (Lipinski definition) is 2. The lowest BCUT2D eigenvalue weighted by Gasteiger charge is -2.22. The molecule has 0 bridgehead atoms. The number of benzene rings is 4. The summed E-state index contributed by atoms with van der Waals surface area (Å²) in [6, 6.07) is 17.4. The zero-order valence-electron chi connectivity index (χ0n) is 16.7. The summed E-state index contributed by atoms with van der Waals surface area (Å²) in [6.07, 6.45) is -0.564. The largest absolute Gasteiger partial charge is 0.480 e. The number of alkyl carbamates (subject to hydrolysis) is 1. The number of carboxylic acids is 1. The minimum atomic E-state index is -1.10. The fourth-order valence-electron chi connectivity index (χ4n) is 3.84. The van der Waals surface area contributed by atoms with Crippen molar-refractivity contribution in [2.24, 2.45) is 0 Å². The van der Waals surface area contributed by atoms with E-state index in [9.17, 15) is 14.7 Å². The SMILES string of the molecule is CC(C)(C)OC(=O)N[C@@H](Cc1ccc2ccc3cccc4ccc1c2c34)C(=O)O. The molecule has 1 atom stereocenters. The quantitative estimate of drug-likeness (QED) is 0.476. The molecule has 0 unspecified atom stereocenters. The molecule has 5 nitrogen and oxygen atoms in total. The maximum absolute atomic E-state index is 12.1. The van der Waals surface area contributed by atoms with Gasteiger partial charge >= 0.3 is 12.1 Å². The van der Waals surface area contributed by atoms with E-state index in [1.54, 1.807) is 20.8 Å². The van der Waals surface area contributed by atoms with E-state index in [1.807, 2.05) is 24.3 Å². The lowest BCUT2D eigenvalue weighted by atomic mass is 9.90. The van der Waals surface area contributed by atoms with Crippen LogP contribution in [0.25, 0.3) is 32.3 Å². The van der Waals surface area contributed by atoms with Gasteiger partial charge in [0.05, 0.1) is 0 Å². The standard InChI is InChI=1S/C24H23NO4/c1-24(2,3)29-23(28)25-19(22(26)27)13-17-10-9-16-8-7-14-5-4-6-15-11-12-18(17)21(16)20(14)15/h4-12,19H,13H2,1-3H3,(H,25,28)(H,26,27)/t19-/m0/s1. The predicted octanol–water partition coefficient (Wildman–Crippen LogP) is 5.10. The van der Waals surface area contributed by atoms with E-state index < -0.39 is 23.7 Å². The Kier molecular flexibility index (Phi) is 4.53. The lowest BCUT2D eigenvalue weighted by molar-refractivity contribution is -0.139. The number of carbonyl (C=O) groups is 2. The van der Waals surface area contributed by atoms with Crippen molar-refractivity contribution in [1.29, 1.82) is 0 Å². The Morgan fingerprint density at radius 2 is 1.52 bits per heavy atom. The molecule has 0 aromatic heterocycles. The van der Waals surface area contributed by atoms with E-state index in [4.69, 9.17) is 4.74 Å². The van der Waals surface area contributed by atoms with Crippen LogP contribution in [-0.2, 0) is 16.0 Å². The number of carboxylic acid groups (broad SMARTS) is 1. The molecular formula is C24H23NO4. The molecule has 2 N–H and O–H groups in total. The third-order valence-corrected chi connectivity index (χ3v) is 5.03. The van der Waals surface area contributed by atoms with Gasteiger partial charge in [-0.05, 0) is 58.7 Å². The Hall–Kier alpha value is -3.34. The Morgan fingerprint density at radius 3 is 2.14 bits per heavy atom. The molecule has 4 rings (SSSR count). The maximum atomic E-state index is 12.1.